The Bertz CT molecular complexity index is 1670. The highest BCUT2D eigenvalue weighted by molar-refractivity contribution is 7.99. The quantitative estimate of drug-likeness (QED) is 0.267. The Balaban J connectivity index is 1.76. The fourth-order valence-corrected chi connectivity index (χ4v) is 6.48. The summed E-state index contributed by atoms with van der Waals surface area (Å²) in [5.74, 6) is 0.526. The van der Waals surface area contributed by atoms with Gasteiger partial charge in [0.05, 0.1) is 29.0 Å². The number of fused-ring (bicyclic) bond motifs is 2. The number of carbonyl (C=O) groups is 1. The van der Waals surface area contributed by atoms with Crippen LogP contribution in [0.4, 0.5) is 0 Å². The highest BCUT2D eigenvalue weighted by Crippen LogP contribution is 2.32. The molecule has 1 aliphatic rings. The summed E-state index contributed by atoms with van der Waals surface area (Å²) in [5.41, 5.74) is 2.72. The van der Waals surface area contributed by atoms with E-state index in [1.807, 2.05) is 67.2 Å². The highest BCUT2D eigenvalue weighted by atomic mass is 32.2. The molecule has 0 spiro atoms. The van der Waals surface area contributed by atoms with E-state index in [1.165, 1.54) is 28.7 Å². The fraction of sp³-hybridized carbons (Fsp3) is 0.207. The van der Waals surface area contributed by atoms with Crippen molar-refractivity contribution in [2.75, 3.05) is 12.9 Å². The Labute approximate surface area is 217 Å². The molecule has 5 rings (SSSR count). The minimum Gasteiger partial charge on any atom is -0.466 e. The van der Waals surface area contributed by atoms with Crippen molar-refractivity contribution in [2.45, 2.75) is 31.2 Å². The number of benzene rings is 3. The van der Waals surface area contributed by atoms with Gasteiger partial charge in [-0.05, 0) is 46.2 Å². The van der Waals surface area contributed by atoms with E-state index in [2.05, 4.69) is 31.2 Å². The summed E-state index contributed by atoms with van der Waals surface area (Å²) in [5, 5.41) is 2.28. The van der Waals surface area contributed by atoms with Gasteiger partial charge in [0.1, 0.15) is 0 Å². The van der Waals surface area contributed by atoms with Crippen molar-refractivity contribution < 1.29 is 9.53 Å². The van der Waals surface area contributed by atoms with E-state index in [0.717, 1.165) is 22.3 Å². The lowest BCUT2D eigenvalue weighted by Crippen LogP contribution is -2.40. The summed E-state index contributed by atoms with van der Waals surface area (Å²) in [6.07, 6.45) is 2.50. The third-order valence-corrected chi connectivity index (χ3v) is 8.21. The maximum Gasteiger partial charge on any atom is 0.338 e. The summed E-state index contributed by atoms with van der Waals surface area (Å²) in [6.45, 7) is 4.10. The van der Waals surface area contributed by atoms with E-state index in [-0.39, 0.29) is 5.56 Å². The van der Waals surface area contributed by atoms with Crippen LogP contribution < -0.4 is 14.9 Å². The Morgan fingerprint density at radius 3 is 2.47 bits per heavy atom. The number of aromatic nitrogens is 1. The largest absolute Gasteiger partial charge is 0.466 e. The standard InChI is InChI=1S/C29H26N2O3S2/c1-4-22-25(28(33)34-3)26(18-11-7-6-8-12-18)31-27(32)24(36-29(31)30-22)17-19-15-16-23(35-5-2)21-14-10-9-13-20(19)21/h6-17,26H,4-5H2,1-3H3/b24-17-/t26-/m0/s1. The molecule has 3 aromatic carbocycles. The molecule has 0 saturated carbocycles. The van der Waals surface area contributed by atoms with Crippen LogP contribution in [-0.2, 0) is 9.53 Å². The summed E-state index contributed by atoms with van der Waals surface area (Å²) < 4.78 is 7.35. The monoisotopic (exact) mass is 514 g/mol. The molecule has 1 aliphatic heterocycles. The van der Waals surface area contributed by atoms with Gasteiger partial charge >= 0.3 is 5.97 Å². The number of thiazole rings is 1. The molecular weight excluding hydrogens is 488 g/mol. The van der Waals surface area contributed by atoms with Crippen LogP contribution in [0.1, 0.15) is 37.4 Å². The molecule has 0 saturated heterocycles. The number of ether oxygens (including phenoxy) is 1. The number of methoxy groups -OCH3 is 1. The van der Waals surface area contributed by atoms with Crippen molar-refractivity contribution >= 4 is 45.9 Å². The molecule has 1 atom stereocenters. The molecule has 0 fully saturated rings. The number of esters is 1. The Kier molecular flexibility index (Phi) is 6.94. The molecule has 0 unspecified atom stereocenters. The average molecular weight is 515 g/mol. The summed E-state index contributed by atoms with van der Waals surface area (Å²) in [4.78, 5) is 33.3. The average Bonchev–Trinajstić information content (AvgIpc) is 3.23. The minimum atomic E-state index is -0.591. The molecular formula is C29H26N2O3S2. The molecule has 7 heteroatoms. The third-order valence-electron chi connectivity index (χ3n) is 6.27. The first kappa shape index (κ1) is 24.3. The van der Waals surface area contributed by atoms with Gasteiger partial charge in [-0.1, -0.05) is 85.8 Å². The van der Waals surface area contributed by atoms with Gasteiger partial charge in [-0.2, -0.15) is 0 Å². The summed E-state index contributed by atoms with van der Waals surface area (Å²) >= 11 is 3.16. The Morgan fingerprint density at radius 2 is 1.78 bits per heavy atom. The lowest BCUT2D eigenvalue weighted by atomic mass is 9.95. The number of nitrogens with zero attached hydrogens (tertiary/aromatic N) is 2. The minimum absolute atomic E-state index is 0.166. The van der Waals surface area contributed by atoms with Gasteiger partial charge in [0, 0.05) is 4.90 Å². The zero-order valence-electron chi connectivity index (χ0n) is 20.4. The van der Waals surface area contributed by atoms with Gasteiger partial charge in [-0.3, -0.25) is 9.36 Å². The predicted octanol–water partition coefficient (Wildman–Crippen LogP) is 5.06. The zero-order chi connectivity index (χ0) is 25.2. The van der Waals surface area contributed by atoms with E-state index < -0.39 is 12.0 Å². The first-order valence-electron chi connectivity index (χ1n) is 11.9. The highest BCUT2D eigenvalue weighted by Gasteiger charge is 2.33. The van der Waals surface area contributed by atoms with Gasteiger partial charge in [-0.25, -0.2) is 9.79 Å². The maximum absolute atomic E-state index is 13.9. The number of thioether (sulfide) groups is 1. The van der Waals surface area contributed by atoms with Gasteiger partial charge < -0.3 is 4.74 Å². The molecule has 0 bridgehead atoms. The smallest absolute Gasteiger partial charge is 0.338 e. The first-order chi connectivity index (χ1) is 17.6. The van der Waals surface area contributed by atoms with E-state index in [0.29, 0.717) is 27.0 Å². The van der Waals surface area contributed by atoms with Gasteiger partial charge in [0.25, 0.3) is 5.56 Å². The van der Waals surface area contributed by atoms with Crippen molar-refractivity contribution in [1.82, 2.24) is 4.57 Å². The topological polar surface area (TPSA) is 60.7 Å². The van der Waals surface area contributed by atoms with E-state index in [1.54, 1.807) is 4.57 Å². The van der Waals surface area contributed by atoms with Crippen molar-refractivity contribution in [3.8, 4) is 0 Å². The van der Waals surface area contributed by atoms with Crippen LogP contribution in [0.2, 0.25) is 0 Å². The molecule has 0 amide bonds. The summed E-state index contributed by atoms with van der Waals surface area (Å²) in [6, 6.07) is 21.5. The number of allylic oxidation sites excluding steroid dienone is 1. The van der Waals surface area contributed by atoms with Gasteiger partial charge in [0.2, 0.25) is 0 Å². The van der Waals surface area contributed by atoms with Crippen LogP contribution in [0, 0.1) is 0 Å². The number of rotatable bonds is 6. The second-order valence-corrected chi connectivity index (χ2v) is 10.6. The van der Waals surface area contributed by atoms with Crippen LogP contribution in [0.25, 0.3) is 16.8 Å². The molecule has 182 valence electrons. The molecule has 4 aromatic rings. The molecule has 1 aromatic heterocycles. The number of hydrogen-bond acceptors (Lipinski definition) is 6. The molecule has 0 aliphatic carbocycles. The second-order valence-electron chi connectivity index (χ2n) is 8.33. The SMILES string of the molecule is CCSc1ccc(/C=c2\sc3n(c2=O)[C@@H](c2ccccc2)C(C(=O)OC)=C(CC)N=3)c2ccccc12. The van der Waals surface area contributed by atoms with Gasteiger partial charge in [0.15, 0.2) is 4.80 Å². The van der Waals surface area contributed by atoms with E-state index in [4.69, 9.17) is 9.73 Å². The Hall–Kier alpha value is -3.42. The van der Waals surface area contributed by atoms with Crippen molar-refractivity contribution in [1.29, 1.82) is 0 Å². The van der Waals surface area contributed by atoms with Crippen LogP contribution in [-0.4, -0.2) is 23.4 Å². The molecule has 0 N–H and O–H groups in total. The van der Waals surface area contributed by atoms with E-state index in [9.17, 15) is 9.59 Å². The lowest BCUT2D eigenvalue weighted by Gasteiger charge is -2.25. The lowest BCUT2D eigenvalue weighted by molar-refractivity contribution is -0.136. The molecule has 0 radical (unpaired) electrons. The second kappa shape index (κ2) is 10.3. The normalized spacial score (nSPS) is 15.6. The van der Waals surface area contributed by atoms with Crippen LogP contribution >= 0.6 is 23.1 Å². The maximum atomic E-state index is 13.9. The number of hydrogen-bond donors (Lipinski definition) is 0. The van der Waals surface area contributed by atoms with Crippen molar-refractivity contribution in [3.05, 3.63) is 109 Å². The van der Waals surface area contributed by atoms with Crippen LogP contribution in [0.3, 0.4) is 0 Å². The van der Waals surface area contributed by atoms with Crippen molar-refractivity contribution in [3.63, 3.8) is 0 Å². The molecule has 2 heterocycles. The van der Waals surface area contributed by atoms with Crippen molar-refractivity contribution in [2.24, 2.45) is 4.99 Å². The number of carbonyl (C=O) groups excluding carboxylic acids is 1. The fourth-order valence-electron chi connectivity index (χ4n) is 4.66. The zero-order valence-corrected chi connectivity index (χ0v) is 22.0. The third kappa shape index (κ3) is 4.22. The molecule has 5 nitrogen and oxygen atoms in total. The van der Waals surface area contributed by atoms with Crippen LogP contribution in [0.5, 0.6) is 0 Å². The molecule has 36 heavy (non-hydrogen) atoms. The first-order valence-corrected chi connectivity index (χ1v) is 13.7. The van der Waals surface area contributed by atoms with Crippen LogP contribution in [0.15, 0.2) is 92.7 Å². The van der Waals surface area contributed by atoms with Gasteiger partial charge in [-0.15, -0.1) is 11.8 Å². The Morgan fingerprint density at radius 1 is 1.06 bits per heavy atom. The predicted molar refractivity (Wildman–Crippen MR) is 147 cm³/mol. The van der Waals surface area contributed by atoms with E-state index >= 15 is 0 Å². The summed E-state index contributed by atoms with van der Waals surface area (Å²) in [7, 11) is 1.36.